The number of carbonyl (C=O) groups excluding carboxylic acids is 1. The number of para-hydroxylation sites is 1. The van der Waals surface area contributed by atoms with Gasteiger partial charge in [-0.25, -0.2) is 8.42 Å². The predicted molar refractivity (Wildman–Crippen MR) is 134 cm³/mol. The molecule has 0 unspecified atom stereocenters. The summed E-state index contributed by atoms with van der Waals surface area (Å²) in [6, 6.07) is 28.9. The molecule has 35 heavy (non-hydrogen) atoms. The molecule has 9 heteroatoms. The fourth-order valence-electron chi connectivity index (χ4n) is 3.55. The number of non-ortho nitro benzene ring substituents is 1. The molecule has 0 radical (unpaired) electrons. The van der Waals surface area contributed by atoms with E-state index >= 15 is 0 Å². The molecule has 0 fully saturated rings. The van der Waals surface area contributed by atoms with E-state index in [1.165, 1.54) is 46.8 Å². The summed E-state index contributed by atoms with van der Waals surface area (Å²) in [5, 5.41) is 13.7. The van der Waals surface area contributed by atoms with Gasteiger partial charge in [0.1, 0.15) is 0 Å². The van der Waals surface area contributed by atoms with Gasteiger partial charge in [-0.3, -0.25) is 19.2 Å². The number of nitrogens with one attached hydrogen (secondary N) is 1. The third kappa shape index (κ3) is 5.36. The van der Waals surface area contributed by atoms with E-state index in [1.807, 2.05) is 18.2 Å². The number of sulfonamides is 1. The van der Waals surface area contributed by atoms with E-state index in [0.29, 0.717) is 0 Å². The molecule has 0 atom stereocenters. The summed E-state index contributed by atoms with van der Waals surface area (Å²) in [5.74, 6) is -0.595. The first kappa shape index (κ1) is 23.7. The van der Waals surface area contributed by atoms with Crippen LogP contribution in [0, 0.1) is 10.1 Å². The highest BCUT2D eigenvalue weighted by atomic mass is 32.2. The summed E-state index contributed by atoms with van der Waals surface area (Å²) < 4.78 is 28.6. The molecule has 1 N–H and O–H groups in total. The average Bonchev–Trinajstić information content (AvgIpc) is 2.88. The molecular formula is C26H21N3O5S. The van der Waals surface area contributed by atoms with E-state index in [1.54, 1.807) is 48.5 Å². The molecule has 0 aromatic heterocycles. The normalized spacial score (nSPS) is 11.0. The van der Waals surface area contributed by atoms with Crippen molar-refractivity contribution in [2.75, 3.05) is 9.62 Å². The van der Waals surface area contributed by atoms with E-state index < -0.39 is 20.9 Å². The van der Waals surface area contributed by atoms with Crippen molar-refractivity contribution in [3.8, 4) is 0 Å². The Balaban J connectivity index is 1.77. The molecule has 0 heterocycles. The Morgan fingerprint density at radius 3 is 2.14 bits per heavy atom. The van der Waals surface area contributed by atoms with Crippen molar-refractivity contribution in [2.24, 2.45) is 0 Å². The van der Waals surface area contributed by atoms with Crippen LogP contribution in [0.15, 0.2) is 114 Å². The van der Waals surface area contributed by atoms with Crippen molar-refractivity contribution in [1.82, 2.24) is 0 Å². The van der Waals surface area contributed by atoms with Crippen LogP contribution in [0.1, 0.15) is 15.9 Å². The van der Waals surface area contributed by atoms with Crippen LogP contribution in [0.5, 0.6) is 0 Å². The molecule has 4 rings (SSSR count). The Hall–Kier alpha value is -4.50. The van der Waals surface area contributed by atoms with Crippen LogP contribution in [0.2, 0.25) is 0 Å². The standard InChI is InChI=1S/C26H21N3O5S/c30-26(27-21-12-9-13-22(18-21)29(31)32)24-16-7-8-17-25(24)28(19-20-10-3-1-4-11-20)35(33,34)23-14-5-2-6-15-23/h1-18H,19H2,(H,27,30). The van der Waals surface area contributed by atoms with Gasteiger partial charge in [0.05, 0.1) is 27.6 Å². The second-order valence-electron chi connectivity index (χ2n) is 7.59. The Morgan fingerprint density at radius 2 is 1.46 bits per heavy atom. The van der Waals surface area contributed by atoms with Gasteiger partial charge >= 0.3 is 0 Å². The van der Waals surface area contributed by atoms with Gasteiger partial charge in [-0.05, 0) is 35.9 Å². The van der Waals surface area contributed by atoms with Crippen molar-refractivity contribution in [3.05, 3.63) is 130 Å². The minimum absolute atomic E-state index is 0.000824. The average molecular weight is 488 g/mol. The highest BCUT2D eigenvalue weighted by Crippen LogP contribution is 2.30. The SMILES string of the molecule is O=C(Nc1cccc([N+](=O)[O-])c1)c1ccccc1N(Cc1ccccc1)S(=O)(=O)c1ccccc1. The summed E-state index contributed by atoms with van der Waals surface area (Å²) >= 11 is 0. The number of nitrogens with zero attached hydrogens (tertiary/aromatic N) is 2. The summed E-state index contributed by atoms with van der Waals surface area (Å²) in [4.78, 5) is 23.9. The lowest BCUT2D eigenvalue weighted by Gasteiger charge is -2.26. The number of rotatable bonds is 8. The summed E-state index contributed by atoms with van der Waals surface area (Å²) in [6.45, 7) is -0.000824. The number of anilines is 2. The monoisotopic (exact) mass is 487 g/mol. The van der Waals surface area contributed by atoms with Crippen molar-refractivity contribution in [2.45, 2.75) is 11.4 Å². The molecule has 0 spiro atoms. The minimum Gasteiger partial charge on any atom is -0.322 e. The topological polar surface area (TPSA) is 110 Å². The zero-order valence-electron chi connectivity index (χ0n) is 18.4. The number of benzene rings is 4. The Morgan fingerprint density at radius 1 is 0.829 bits per heavy atom. The summed E-state index contributed by atoms with van der Waals surface area (Å²) in [6.07, 6.45) is 0. The van der Waals surface area contributed by atoms with Crippen LogP contribution in [-0.2, 0) is 16.6 Å². The van der Waals surface area contributed by atoms with Gasteiger partial charge in [0, 0.05) is 17.8 Å². The first-order valence-electron chi connectivity index (χ1n) is 10.6. The highest BCUT2D eigenvalue weighted by Gasteiger charge is 2.28. The van der Waals surface area contributed by atoms with Crippen LogP contribution in [-0.4, -0.2) is 19.2 Å². The first-order chi connectivity index (χ1) is 16.9. The first-order valence-corrected chi connectivity index (χ1v) is 12.1. The number of hydrogen-bond acceptors (Lipinski definition) is 5. The van der Waals surface area contributed by atoms with Crippen molar-refractivity contribution >= 4 is 33.0 Å². The van der Waals surface area contributed by atoms with Gasteiger partial charge in [0.25, 0.3) is 21.6 Å². The third-order valence-corrected chi connectivity index (χ3v) is 7.01. The molecule has 0 aliphatic heterocycles. The van der Waals surface area contributed by atoms with Gasteiger partial charge in [-0.2, -0.15) is 0 Å². The van der Waals surface area contributed by atoms with Crippen LogP contribution in [0.25, 0.3) is 0 Å². The van der Waals surface area contributed by atoms with Gasteiger partial charge in [0.15, 0.2) is 0 Å². The molecule has 4 aromatic rings. The van der Waals surface area contributed by atoms with E-state index in [2.05, 4.69) is 5.32 Å². The molecule has 176 valence electrons. The summed E-state index contributed by atoms with van der Waals surface area (Å²) in [7, 11) is -4.04. The van der Waals surface area contributed by atoms with Gasteiger partial charge in [0.2, 0.25) is 0 Å². The maximum Gasteiger partial charge on any atom is 0.271 e. The number of amides is 1. The largest absolute Gasteiger partial charge is 0.322 e. The zero-order valence-corrected chi connectivity index (χ0v) is 19.3. The molecule has 0 saturated carbocycles. The van der Waals surface area contributed by atoms with Crippen LogP contribution < -0.4 is 9.62 Å². The fourth-order valence-corrected chi connectivity index (χ4v) is 5.04. The second-order valence-corrected chi connectivity index (χ2v) is 9.45. The Kier molecular flexibility index (Phi) is 6.88. The number of nitro groups is 1. The molecule has 0 aliphatic rings. The third-order valence-electron chi connectivity index (χ3n) is 5.23. The van der Waals surface area contributed by atoms with Gasteiger partial charge < -0.3 is 5.32 Å². The Bertz CT molecular complexity index is 1460. The maximum absolute atomic E-state index is 13.7. The highest BCUT2D eigenvalue weighted by molar-refractivity contribution is 7.92. The minimum atomic E-state index is -4.04. The lowest BCUT2D eigenvalue weighted by molar-refractivity contribution is -0.384. The number of nitro benzene ring substituents is 1. The van der Waals surface area contributed by atoms with E-state index in [0.717, 1.165) is 5.56 Å². The van der Waals surface area contributed by atoms with Crippen LogP contribution in [0.3, 0.4) is 0 Å². The van der Waals surface area contributed by atoms with Gasteiger partial charge in [-0.1, -0.05) is 66.7 Å². The smallest absolute Gasteiger partial charge is 0.271 e. The quantitative estimate of drug-likeness (QED) is 0.270. The van der Waals surface area contributed by atoms with E-state index in [9.17, 15) is 23.3 Å². The molecule has 0 aliphatic carbocycles. The molecule has 4 aromatic carbocycles. The number of hydrogen-bond donors (Lipinski definition) is 1. The second kappa shape index (κ2) is 10.2. The summed E-state index contributed by atoms with van der Waals surface area (Å²) in [5.41, 5.74) is 1.08. The lowest BCUT2D eigenvalue weighted by Crippen LogP contribution is -2.32. The molecular weight excluding hydrogens is 466 g/mol. The molecule has 8 nitrogen and oxygen atoms in total. The van der Waals surface area contributed by atoms with E-state index in [-0.39, 0.29) is 34.1 Å². The predicted octanol–water partition coefficient (Wildman–Crippen LogP) is 5.24. The van der Waals surface area contributed by atoms with Crippen molar-refractivity contribution in [3.63, 3.8) is 0 Å². The molecule has 1 amide bonds. The Labute approximate surface area is 202 Å². The van der Waals surface area contributed by atoms with E-state index in [4.69, 9.17) is 0 Å². The molecule has 0 saturated heterocycles. The van der Waals surface area contributed by atoms with Crippen molar-refractivity contribution < 1.29 is 18.1 Å². The van der Waals surface area contributed by atoms with Crippen LogP contribution >= 0.6 is 0 Å². The maximum atomic E-state index is 13.7. The zero-order chi connectivity index (χ0) is 24.8. The van der Waals surface area contributed by atoms with Crippen molar-refractivity contribution in [1.29, 1.82) is 0 Å². The fraction of sp³-hybridized carbons (Fsp3) is 0.0385. The van der Waals surface area contributed by atoms with Crippen LogP contribution in [0.4, 0.5) is 17.1 Å². The number of carbonyl (C=O) groups is 1. The van der Waals surface area contributed by atoms with Gasteiger partial charge in [-0.15, -0.1) is 0 Å². The molecule has 0 bridgehead atoms. The lowest BCUT2D eigenvalue weighted by atomic mass is 10.1.